The van der Waals surface area contributed by atoms with Crippen LogP contribution >= 0.6 is 0 Å². The van der Waals surface area contributed by atoms with Crippen molar-refractivity contribution < 1.29 is 4.74 Å². The topological polar surface area (TPSA) is 119 Å². The average molecular weight is 522 g/mol. The highest BCUT2D eigenvalue weighted by Gasteiger charge is 2.18. The minimum Gasteiger partial charge on any atom is -0.492 e. The Morgan fingerprint density at radius 3 is 2.82 bits per heavy atom. The fourth-order valence-corrected chi connectivity index (χ4v) is 4.64. The van der Waals surface area contributed by atoms with Crippen LogP contribution in [0.1, 0.15) is 37.7 Å². The third kappa shape index (κ3) is 6.25. The molecular weight excluding hydrogens is 486 g/mol. The number of nitrogens with one attached hydrogen (secondary N) is 1. The number of rotatable bonds is 10. The number of pyridine rings is 2. The molecule has 0 amide bonds. The van der Waals surface area contributed by atoms with Gasteiger partial charge in [-0.25, -0.2) is 10.8 Å². The summed E-state index contributed by atoms with van der Waals surface area (Å²) in [5.74, 6) is 8.03. The molecule has 3 heterocycles. The van der Waals surface area contributed by atoms with E-state index in [-0.39, 0.29) is 0 Å². The number of aromatic nitrogens is 4. The summed E-state index contributed by atoms with van der Waals surface area (Å²) in [4.78, 5) is 17.9. The van der Waals surface area contributed by atoms with E-state index in [1.54, 1.807) is 11.2 Å². The van der Waals surface area contributed by atoms with E-state index in [1.807, 2.05) is 55.5 Å². The molecular formula is C31H35N7O. The highest BCUT2D eigenvalue weighted by molar-refractivity contribution is 5.87. The SMILES string of the molecule is CC1=CCC=CC=C1N(N)Cc1nc(-c2ccc3ncc(OCCCCN)cc3c2)c(-c2cccc(C)n2)[nH]1. The minimum atomic E-state index is 0.416. The zero-order valence-electron chi connectivity index (χ0n) is 22.5. The molecule has 0 saturated carbocycles. The maximum Gasteiger partial charge on any atom is 0.138 e. The van der Waals surface area contributed by atoms with Crippen molar-refractivity contribution in [3.8, 4) is 28.4 Å². The van der Waals surface area contributed by atoms with E-state index in [9.17, 15) is 0 Å². The number of aryl methyl sites for hydroxylation is 1. The van der Waals surface area contributed by atoms with Gasteiger partial charge < -0.3 is 20.5 Å². The van der Waals surface area contributed by atoms with Crippen LogP contribution in [0.5, 0.6) is 5.75 Å². The monoisotopic (exact) mass is 521 g/mol. The number of fused-ring (bicyclic) bond motifs is 1. The molecule has 3 aromatic heterocycles. The highest BCUT2D eigenvalue weighted by Crippen LogP contribution is 2.32. The van der Waals surface area contributed by atoms with Gasteiger partial charge in [-0.2, -0.15) is 0 Å². The van der Waals surface area contributed by atoms with E-state index in [4.69, 9.17) is 26.3 Å². The van der Waals surface area contributed by atoms with Gasteiger partial charge in [0.05, 0.1) is 47.6 Å². The van der Waals surface area contributed by atoms with Gasteiger partial charge in [0.2, 0.25) is 0 Å². The number of imidazole rings is 1. The second-order valence-corrected chi connectivity index (χ2v) is 9.72. The minimum absolute atomic E-state index is 0.416. The number of nitrogens with zero attached hydrogens (tertiary/aromatic N) is 4. The van der Waals surface area contributed by atoms with Crippen molar-refractivity contribution in [2.75, 3.05) is 13.2 Å². The zero-order chi connectivity index (χ0) is 27.2. The van der Waals surface area contributed by atoms with Gasteiger partial charge in [-0.15, -0.1) is 0 Å². The van der Waals surface area contributed by atoms with Crippen LogP contribution in [-0.4, -0.2) is 38.1 Å². The van der Waals surface area contributed by atoms with Crippen molar-refractivity contribution in [3.63, 3.8) is 0 Å². The number of nitrogens with two attached hydrogens (primary N) is 2. The van der Waals surface area contributed by atoms with Crippen molar-refractivity contribution in [1.29, 1.82) is 0 Å². The average Bonchev–Trinajstić information content (AvgIpc) is 3.23. The van der Waals surface area contributed by atoms with Crippen LogP contribution in [0.2, 0.25) is 0 Å². The lowest BCUT2D eigenvalue weighted by atomic mass is 10.1. The summed E-state index contributed by atoms with van der Waals surface area (Å²) in [7, 11) is 0. The van der Waals surface area contributed by atoms with Gasteiger partial charge in [0.1, 0.15) is 11.6 Å². The molecule has 0 radical (unpaired) electrons. The summed E-state index contributed by atoms with van der Waals surface area (Å²) < 4.78 is 5.91. The number of H-pyrrole nitrogens is 1. The summed E-state index contributed by atoms with van der Waals surface area (Å²) in [5.41, 5.74) is 13.0. The van der Waals surface area contributed by atoms with E-state index < -0.39 is 0 Å². The molecule has 0 spiro atoms. The van der Waals surface area contributed by atoms with Crippen LogP contribution in [-0.2, 0) is 6.54 Å². The number of benzene rings is 1. The van der Waals surface area contributed by atoms with Crippen LogP contribution in [0.4, 0.5) is 0 Å². The maximum atomic E-state index is 6.54. The van der Waals surface area contributed by atoms with E-state index >= 15 is 0 Å². The largest absolute Gasteiger partial charge is 0.492 e. The van der Waals surface area contributed by atoms with Crippen molar-refractivity contribution in [2.24, 2.45) is 11.6 Å². The quantitative estimate of drug-likeness (QED) is 0.142. The fraction of sp³-hybridized carbons (Fsp3) is 0.258. The summed E-state index contributed by atoms with van der Waals surface area (Å²) in [5, 5.41) is 2.71. The Balaban J connectivity index is 1.50. The Kier molecular flexibility index (Phi) is 8.15. The van der Waals surface area contributed by atoms with Gasteiger partial charge in [0.25, 0.3) is 0 Å². The van der Waals surface area contributed by atoms with Crippen LogP contribution in [0.15, 0.2) is 84.2 Å². The summed E-state index contributed by atoms with van der Waals surface area (Å²) in [6.45, 7) is 5.76. The molecule has 5 rings (SSSR count). The Hall–Kier alpha value is -4.27. The smallest absolute Gasteiger partial charge is 0.138 e. The van der Waals surface area contributed by atoms with Crippen molar-refractivity contribution in [3.05, 3.63) is 95.8 Å². The second-order valence-electron chi connectivity index (χ2n) is 9.72. The van der Waals surface area contributed by atoms with Crippen LogP contribution in [0, 0.1) is 6.92 Å². The van der Waals surface area contributed by atoms with E-state index in [1.165, 1.54) is 0 Å². The van der Waals surface area contributed by atoms with E-state index in [0.29, 0.717) is 19.7 Å². The molecule has 0 saturated heterocycles. The number of unbranched alkanes of at least 4 members (excludes halogenated alkanes) is 1. The molecule has 0 bridgehead atoms. The molecule has 4 aromatic rings. The number of ether oxygens (including phenoxy) is 1. The third-order valence-electron chi connectivity index (χ3n) is 6.68. The van der Waals surface area contributed by atoms with Gasteiger partial charge in [-0.3, -0.25) is 9.97 Å². The molecule has 5 N–H and O–H groups in total. The van der Waals surface area contributed by atoms with E-state index in [2.05, 4.69) is 35.1 Å². The van der Waals surface area contributed by atoms with Crippen molar-refractivity contribution >= 4 is 10.9 Å². The predicted octanol–water partition coefficient (Wildman–Crippen LogP) is 5.58. The number of hydrazine groups is 1. The number of allylic oxidation sites excluding steroid dienone is 5. The van der Waals surface area contributed by atoms with Gasteiger partial charge in [0, 0.05) is 16.6 Å². The first kappa shape index (κ1) is 26.3. The Bertz CT molecular complexity index is 1550. The molecule has 0 atom stereocenters. The third-order valence-corrected chi connectivity index (χ3v) is 6.68. The molecule has 200 valence electrons. The predicted molar refractivity (Wildman–Crippen MR) is 156 cm³/mol. The van der Waals surface area contributed by atoms with Crippen molar-refractivity contribution in [1.82, 2.24) is 24.9 Å². The number of hydrogen-bond donors (Lipinski definition) is 3. The molecule has 1 aliphatic carbocycles. The normalized spacial score (nSPS) is 13.2. The Morgan fingerprint density at radius 1 is 1.08 bits per heavy atom. The van der Waals surface area contributed by atoms with Crippen LogP contribution in [0.25, 0.3) is 33.5 Å². The first-order valence-electron chi connectivity index (χ1n) is 13.3. The molecule has 39 heavy (non-hydrogen) atoms. The lowest BCUT2D eigenvalue weighted by Crippen LogP contribution is -2.30. The van der Waals surface area contributed by atoms with Crippen LogP contribution < -0.4 is 16.3 Å². The molecule has 0 unspecified atom stereocenters. The molecule has 1 aromatic carbocycles. The summed E-state index contributed by atoms with van der Waals surface area (Å²) in [6.07, 6.45) is 12.9. The Morgan fingerprint density at radius 2 is 1.97 bits per heavy atom. The number of aromatic amines is 1. The highest BCUT2D eigenvalue weighted by atomic mass is 16.5. The van der Waals surface area contributed by atoms with Gasteiger partial charge in [-0.1, -0.05) is 30.4 Å². The lowest BCUT2D eigenvalue weighted by Gasteiger charge is -2.21. The first-order chi connectivity index (χ1) is 19.0. The van der Waals surface area contributed by atoms with E-state index in [0.717, 1.165) is 81.3 Å². The molecule has 0 fully saturated rings. The van der Waals surface area contributed by atoms with Crippen molar-refractivity contribution in [2.45, 2.75) is 39.7 Å². The summed E-state index contributed by atoms with van der Waals surface area (Å²) >= 11 is 0. The molecule has 0 aliphatic heterocycles. The lowest BCUT2D eigenvalue weighted by molar-refractivity contribution is 0.307. The van der Waals surface area contributed by atoms with Gasteiger partial charge in [0.15, 0.2) is 0 Å². The Labute approximate surface area is 229 Å². The molecule has 8 nitrogen and oxygen atoms in total. The number of hydrogen-bond acceptors (Lipinski definition) is 7. The molecule has 8 heteroatoms. The van der Waals surface area contributed by atoms with Gasteiger partial charge in [-0.05, 0) is 81.6 Å². The zero-order valence-corrected chi connectivity index (χ0v) is 22.5. The second kappa shape index (κ2) is 12.1. The summed E-state index contributed by atoms with van der Waals surface area (Å²) in [6, 6.07) is 14.2. The molecule has 1 aliphatic rings. The van der Waals surface area contributed by atoms with Crippen LogP contribution in [0.3, 0.4) is 0 Å². The fourth-order valence-electron chi connectivity index (χ4n) is 4.64. The standard InChI is InChI=1S/C31H35N7O/c1-21-9-4-3-5-12-28(21)38(33)20-29-36-30(31(37-29)27-11-8-10-22(2)35-27)23-13-14-26-24(17-23)18-25(19-34-26)39-16-7-6-15-32/h3,5,8-14,17-19H,4,6-7,15-16,20,32-33H2,1-2H3,(H,36,37). The maximum absolute atomic E-state index is 6.54. The van der Waals surface area contributed by atoms with Gasteiger partial charge >= 0.3 is 0 Å². The first-order valence-corrected chi connectivity index (χ1v) is 13.3.